The Bertz CT molecular complexity index is 560. The van der Waals surface area contributed by atoms with Crippen molar-refractivity contribution in [2.75, 3.05) is 0 Å². The first-order valence-electron chi connectivity index (χ1n) is 6.82. The second-order valence-corrected chi connectivity index (χ2v) is 6.11. The molecule has 3 rings (SSSR count). The predicted molar refractivity (Wildman–Crippen MR) is 78.8 cm³/mol. The largest absolute Gasteiger partial charge is 0.459 e. The minimum absolute atomic E-state index is 0.0618. The maximum atomic E-state index is 5.84. The van der Waals surface area contributed by atoms with E-state index in [-0.39, 0.29) is 6.04 Å². The van der Waals surface area contributed by atoms with Gasteiger partial charge in [0.05, 0.1) is 12.1 Å². The molecule has 102 valence electrons. The molecule has 1 N–H and O–H groups in total. The lowest BCUT2D eigenvalue weighted by Crippen LogP contribution is -2.24. The van der Waals surface area contributed by atoms with E-state index in [9.17, 15) is 0 Å². The van der Waals surface area contributed by atoms with Crippen LogP contribution in [0, 0.1) is 0 Å². The van der Waals surface area contributed by atoms with E-state index in [1.807, 2.05) is 12.1 Å². The Morgan fingerprint density at radius 2 is 2.11 bits per heavy atom. The zero-order valence-electron chi connectivity index (χ0n) is 11.0. The van der Waals surface area contributed by atoms with E-state index in [0.717, 1.165) is 34.0 Å². The Morgan fingerprint density at radius 3 is 2.89 bits per heavy atom. The Morgan fingerprint density at radius 1 is 1.32 bits per heavy atom. The lowest BCUT2D eigenvalue weighted by atomic mass is 10.2. The minimum atomic E-state index is 0.0618. The number of hydrogen-bond donors (Lipinski definition) is 1. The van der Waals surface area contributed by atoms with E-state index in [0.29, 0.717) is 6.10 Å². The third-order valence-electron chi connectivity index (χ3n) is 3.64. The van der Waals surface area contributed by atoms with Gasteiger partial charge in [-0.2, -0.15) is 5.48 Å². The highest BCUT2D eigenvalue weighted by Crippen LogP contribution is 2.27. The van der Waals surface area contributed by atoms with E-state index in [2.05, 4.69) is 40.5 Å². The number of hydroxylamine groups is 1. The Labute approximate surface area is 121 Å². The van der Waals surface area contributed by atoms with Crippen LogP contribution in [0.5, 0.6) is 0 Å². The molecule has 0 saturated heterocycles. The number of nitrogens with one attached hydrogen (secondary N) is 1. The molecule has 3 nitrogen and oxygen atoms in total. The van der Waals surface area contributed by atoms with Gasteiger partial charge in [0, 0.05) is 9.86 Å². The molecule has 1 aliphatic rings. The monoisotopic (exact) mass is 323 g/mol. The molecular formula is C15H18BrNO2. The van der Waals surface area contributed by atoms with Gasteiger partial charge in [0.1, 0.15) is 11.3 Å². The van der Waals surface area contributed by atoms with Gasteiger partial charge in [0.15, 0.2) is 0 Å². The maximum absolute atomic E-state index is 5.84. The number of hydrogen-bond acceptors (Lipinski definition) is 3. The lowest BCUT2D eigenvalue weighted by Gasteiger charge is -2.15. The quantitative estimate of drug-likeness (QED) is 0.826. The summed E-state index contributed by atoms with van der Waals surface area (Å²) in [6.07, 6.45) is 5.24. The predicted octanol–water partition coefficient (Wildman–Crippen LogP) is 4.72. The van der Waals surface area contributed by atoms with Gasteiger partial charge in [-0.1, -0.05) is 28.8 Å². The van der Waals surface area contributed by atoms with Crippen LogP contribution in [0.4, 0.5) is 0 Å². The molecule has 19 heavy (non-hydrogen) atoms. The maximum Gasteiger partial charge on any atom is 0.134 e. The first-order chi connectivity index (χ1) is 9.22. The average molecular weight is 324 g/mol. The number of furan rings is 1. The van der Waals surface area contributed by atoms with Crippen LogP contribution in [0.1, 0.15) is 44.4 Å². The molecule has 1 aromatic heterocycles. The van der Waals surface area contributed by atoms with Crippen molar-refractivity contribution >= 4 is 26.9 Å². The lowest BCUT2D eigenvalue weighted by molar-refractivity contribution is -0.0406. The zero-order chi connectivity index (χ0) is 13.2. The molecule has 1 unspecified atom stereocenters. The number of fused-ring (bicyclic) bond motifs is 1. The van der Waals surface area contributed by atoms with Crippen LogP contribution in [-0.2, 0) is 4.84 Å². The molecule has 1 aromatic carbocycles. The second kappa shape index (κ2) is 5.65. The van der Waals surface area contributed by atoms with Gasteiger partial charge in [-0.05, 0) is 44.0 Å². The topological polar surface area (TPSA) is 34.4 Å². The van der Waals surface area contributed by atoms with E-state index < -0.39 is 0 Å². The van der Waals surface area contributed by atoms with Gasteiger partial charge in [0.2, 0.25) is 0 Å². The average Bonchev–Trinajstić information content (AvgIpc) is 3.04. The van der Waals surface area contributed by atoms with E-state index in [1.54, 1.807) is 0 Å². The molecule has 0 aliphatic heterocycles. The van der Waals surface area contributed by atoms with Crippen LogP contribution in [0.25, 0.3) is 11.0 Å². The number of rotatable bonds is 4. The molecule has 1 aliphatic carbocycles. The van der Waals surface area contributed by atoms with E-state index in [4.69, 9.17) is 9.25 Å². The van der Waals surface area contributed by atoms with Crippen LogP contribution in [0.3, 0.4) is 0 Å². The van der Waals surface area contributed by atoms with E-state index >= 15 is 0 Å². The van der Waals surface area contributed by atoms with Crippen molar-refractivity contribution in [1.82, 2.24) is 5.48 Å². The molecule has 1 heterocycles. The first kappa shape index (κ1) is 13.2. The summed E-state index contributed by atoms with van der Waals surface area (Å²) in [4.78, 5) is 5.72. The molecule has 1 atom stereocenters. The highest BCUT2D eigenvalue weighted by molar-refractivity contribution is 9.10. The zero-order valence-corrected chi connectivity index (χ0v) is 12.6. The second-order valence-electron chi connectivity index (χ2n) is 5.19. The van der Waals surface area contributed by atoms with Crippen LogP contribution in [0.2, 0.25) is 0 Å². The van der Waals surface area contributed by atoms with Crippen LogP contribution in [-0.4, -0.2) is 6.10 Å². The van der Waals surface area contributed by atoms with Crippen molar-refractivity contribution in [2.24, 2.45) is 0 Å². The van der Waals surface area contributed by atoms with Crippen molar-refractivity contribution in [3.63, 3.8) is 0 Å². The van der Waals surface area contributed by atoms with Gasteiger partial charge in [-0.3, -0.25) is 4.84 Å². The molecule has 1 saturated carbocycles. The summed E-state index contributed by atoms with van der Waals surface area (Å²) in [5.74, 6) is 0.908. The Kier molecular flexibility index (Phi) is 3.91. The van der Waals surface area contributed by atoms with Crippen molar-refractivity contribution in [1.29, 1.82) is 0 Å². The summed E-state index contributed by atoms with van der Waals surface area (Å²) in [7, 11) is 0. The van der Waals surface area contributed by atoms with Crippen LogP contribution >= 0.6 is 15.9 Å². The molecule has 4 heteroatoms. The first-order valence-corrected chi connectivity index (χ1v) is 7.62. The van der Waals surface area contributed by atoms with Crippen molar-refractivity contribution < 1.29 is 9.25 Å². The third kappa shape index (κ3) is 3.02. The highest BCUT2D eigenvalue weighted by atomic mass is 79.9. The van der Waals surface area contributed by atoms with Gasteiger partial charge < -0.3 is 4.42 Å². The standard InChI is InChI=1S/C15H18BrNO2/c1-10(17-19-13-4-2-3-5-13)15-9-11-8-12(16)6-7-14(11)18-15/h6-10,13,17H,2-5H2,1H3. The van der Waals surface area contributed by atoms with Crippen LogP contribution in [0.15, 0.2) is 33.2 Å². The molecule has 2 aromatic rings. The van der Waals surface area contributed by atoms with Gasteiger partial charge in [-0.15, -0.1) is 0 Å². The highest BCUT2D eigenvalue weighted by Gasteiger charge is 2.18. The normalized spacial score (nSPS) is 18.2. The summed E-state index contributed by atoms with van der Waals surface area (Å²) in [6, 6.07) is 8.16. The summed E-state index contributed by atoms with van der Waals surface area (Å²) in [5.41, 5.74) is 4.02. The van der Waals surface area contributed by atoms with Crippen LogP contribution < -0.4 is 5.48 Å². The fraction of sp³-hybridized carbons (Fsp3) is 0.467. The van der Waals surface area contributed by atoms with E-state index in [1.165, 1.54) is 12.8 Å². The van der Waals surface area contributed by atoms with Crippen molar-refractivity contribution in [3.8, 4) is 0 Å². The fourth-order valence-corrected chi connectivity index (χ4v) is 2.89. The fourth-order valence-electron chi connectivity index (χ4n) is 2.51. The summed E-state index contributed by atoms with van der Waals surface area (Å²) < 4.78 is 6.90. The summed E-state index contributed by atoms with van der Waals surface area (Å²) >= 11 is 3.47. The molecule has 0 bridgehead atoms. The number of benzene rings is 1. The molecular weight excluding hydrogens is 306 g/mol. The minimum Gasteiger partial charge on any atom is -0.459 e. The number of halogens is 1. The summed E-state index contributed by atoms with van der Waals surface area (Å²) in [6.45, 7) is 2.06. The molecule has 0 amide bonds. The van der Waals surface area contributed by atoms with Crippen molar-refractivity contribution in [2.45, 2.75) is 44.8 Å². The van der Waals surface area contributed by atoms with Gasteiger partial charge in [-0.25, -0.2) is 0 Å². The Balaban J connectivity index is 1.68. The molecule has 0 spiro atoms. The molecule has 1 fully saturated rings. The smallest absolute Gasteiger partial charge is 0.134 e. The van der Waals surface area contributed by atoms with Gasteiger partial charge >= 0.3 is 0 Å². The summed E-state index contributed by atoms with van der Waals surface area (Å²) in [5, 5.41) is 1.11. The third-order valence-corrected chi connectivity index (χ3v) is 4.13. The van der Waals surface area contributed by atoms with Gasteiger partial charge in [0.25, 0.3) is 0 Å². The molecule has 0 radical (unpaired) electrons. The van der Waals surface area contributed by atoms with Crippen molar-refractivity contribution in [3.05, 3.63) is 34.5 Å². The SMILES string of the molecule is CC(NOC1CCCC1)c1cc2cc(Br)ccc2o1. The Hall–Kier alpha value is -0.840.